The highest BCUT2D eigenvalue weighted by atomic mass is 16.5. The second-order valence-corrected chi connectivity index (χ2v) is 6.76. The molecule has 0 amide bonds. The smallest absolute Gasteiger partial charge is 0.227 e. The minimum absolute atomic E-state index is 0.648. The molecule has 0 fully saturated rings. The molecular weight excluding hydrogens is 336 g/mol. The highest BCUT2D eigenvalue weighted by Gasteiger charge is 2.17. The quantitative estimate of drug-likeness (QED) is 0.685. The second kappa shape index (κ2) is 8.18. The predicted molar refractivity (Wildman–Crippen MR) is 108 cm³/mol. The third kappa shape index (κ3) is 4.44. The molecule has 27 heavy (non-hydrogen) atoms. The minimum atomic E-state index is 0.648. The first-order chi connectivity index (χ1) is 13.3. The van der Waals surface area contributed by atoms with Gasteiger partial charge >= 0.3 is 0 Å². The molecule has 2 heterocycles. The molecule has 1 aromatic heterocycles. The van der Waals surface area contributed by atoms with Gasteiger partial charge in [-0.1, -0.05) is 25.1 Å². The van der Waals surface area contributed by atoms with Gasteiger partial charge in [0.2, 0.25) is 5.95 Å². The molecular formula is C22H24N4O. The molecule has 0 saturated carbocycles. The van der Waals surface area contributed by atoms with Gasteiger partial charge in [-0.3, -0.25) is 4.90 Å². The van der Waals surface area contributed by atoms with E-state index in [1.54, 1.807) is 0 Å². The summed E-state index contributed by atoms with van der Waals surface area (Å²) in [6.07, 6.45) is 4.12. The summed E-state index contributed by atoms with van der Waals surface area (Å²) in [5, 5.41) is 3.29. The number of anilines is 2. The van der Waals surface area contributed by atoms with Crippen LogP contribution in [0.15, 0.2) is 60.8 Å². The van der Waals surface area contributed by atoms with Gasteiger partial charge in [0, 0.05) is 37.0 Å². The SMILES string of the molecule is CCCN1CCc2nc(Nc3ccc(Oc4ccccc4)cc3)ncc2C1. The molecule has 1 N–H and O–H groups in total. The Bertz CT molecular complexity index is 881. The summed E-state index contributed by atoms with van der Waals surface area (Å²) in [6, 6.07) is 17.6. The van der Waals surface area contributed by atoms with Gasteiger partial charge in [0.05, 0.1) is 5.69 Å². The third-order valence-electron chi connectivity index (χ3n) is 4.64. The molecule has 0 aliphatic carbocycles. The van der Waals surface area contributed by atoms with Gasteiger partial charge in [-0.25, -0.2) is 9.97 Å². The van der Waals surface area contributed by atoms with E-state index < -0.39 is 0 Å². The Morgan fingerprint density at radius 1 is 1.04 bits per heavy atom. The van der Waals surface area contributed by atoms with Crippen molar-refractivity contribution in [3.05, 3.63) is 72.1 Å². The van der Waals surface area contributed by atoms with Crippen molar-refractivity contribution in [3.63, 3.8) is 0 Å². The minimum Gasteiger partial charge on any atom is -0.457 e. The van der Waals surface area contributed by atoms with Crippen LogP contribution in [-0.2, 0) is 13.0 Å². The van der Waals surface area contributed by atoms with Crippen molar-refractivity contribution in [2.24, 2.45) is 0 Å². The first-order valence-electron chi connectivity index (χ1n) is 9.47. The molecule has 0 spiro atoms. The van der Waals surface area contributed by atoms with Crippen LogP contribution in [0.2, 0.25) is 0 Å². The highest BCUT2D eigenvalue weighted by molar-refractivity contribution is 5.55. The third-order valence-corrected chi connectivity index (χ3v) is 4.64. The number of nitrogens with zero attached hydrogens (tertiary/aromatic N) is 3. The van der Waals surface area contributed by atoms with Crippen LogP contribution in [0.3, 0.4) is 0 Å². The summed E-state index contributed by atoms with van der Waals surface area (Å²) < 4.78 is 5.82. The Balaban J connectivity index is 1.41. The number of hydrogen-bond donors (Lipinski definition) is 1. The molecule has 0 radical (unpaired) electrons. The molecule has 3 aromatic rings. The number of benzene rings is 2. The fraction of sp³-hybridized carbons (Fsp3) is 0.273. The zero-order valence-corrected chi connectivity index (χ0v) is 15.6. The van der Waals surface area contributed by atoms with E-state index in [1.807, 2.05) is 60.8 Å². The zero-order chi connectivity index (χ0) is 18.5. The van der Waals surface area contributed by atoms with Crippen molar-refractivity contribution in [2.75, 3.05) is 18.4 Å². The standard InChI is InChI=1S/C22H24N4O/c1-2-13-26-14-12-21-17(16-26)15-23-22(25-21)24-18-8-10-20(11-9-18)27-19-6-4-3-5-7-19/h3-11,15H,2,12-14,16H2,1H3,(H,23,24,25). The summed E-state index contributed by atoms with van der Waals surface area (Å²) in [5.41, 5.74) is 3.34. The van der Waals surface area contributed by atoms with E-state index in [9.17, 15) is 0 Å². The van der Waals surface area contributed by atoms with E-state index in [1.165, 1.54) is 12.0 Å². The molecule has 0 saturated heterocycles. The van der Waals surface area contributed by atoms with E-state index in [2.05, 4.69) is 22.1 Å². The van der Waals surface area contributed by atoms with Crippen molar-refractivity contribution >= 4 is 11.6 Å². The lowest BCUT2D eigenvalue weighted by atomic mass is 10.1. The summed E-state index contributed by atoms with van der Waals surface area (Å²) in [4.78, 5) is 11.7. The van der Waals surface area contributed by atoms with E-state index in [-0.39, 0.29) is 0 Å². The summed E-state index contributed by atoms with van der Waals surface area (Å²) >= 11 is 0. The molecule has 0 bridgehead atoms. The fourth-order valence-corrected chi connectivity index (χ4v) is 3.30. The van der Waals surface area contributed by atoms with Crippen molar-refractivity contribution < 1.29 is 4.74 Å². The molecule has 2 aromatic carbocycles. The summed E-state index contributed by atoms with van der Waals surface area (Å²) in [7, 11) is 0. The molecule has 1 aliphatic heterocycles. The molecule has 1 aliphatic rings. The molecule has 138 valence electrons. The largest absolute Gasteiger partial charge is 0.457 e. The summed E-state index contributed by atoms with van der Waals surface area (Å²) in [6.45, 7) is 5.38. The van der Waals surface area contributed by atoms with Crippen LogP contribution in [0.25, 0.3) is 0 Å². The Morgan fingerprint density at radius 3 is 2.59 bits per heavy atom. The second-order valence-electron chi connectivity index (χ2n) is 6.76. The Kier molecular flexibility index (Phi) is 5.30. The number of ether oxygens (including phenoxy) is 1. The van der Waals surface area contributed by atoms with E-state index in [0.29, 0.717) is 5.95 Å². The number of fused-ring (bicyclic) bond motifs is 1. The normalized spacial score (nSPS) is 13.8. The van der Waals surface area contributed by atoms with Gasteiger partial charge in [-0.2, -0.15) is 0 Å². The van der Waals surface area contributed by atoms with Gasteiger partial charge in [0.1, 0.15) is 11.5 Å². The van der Waals surface area contributed by atoms with Gasteiger partial charge in [0.25, 0.3) is 0 Å². The van der Waals surface area contributed by atoms with Crippen molar-refractivity contribution in [2.45, 2.75) is 26.3 Å². The van der Waals surface area contributed by atoms with Crippen LogP contribution in [-0.4, -0.2) is 28.0 Å². The van der Waals surface area contributed by atoms with Crippen molar-refractivity contribution in [1.29, 1.82) is 0 Å². The Labute approximate surface area is 160 Å². The maximum absolute atomic E-state index is 5.82. The number of nitrogens with one attached hydrogen (secondary N) is 1. The van der Waals surface area contributed by atoms with Gasteiger partial charge in [-0.05, 0) is 49.4 Å². The lowest BCUT2D eigenvalue weighted by Gasteiger charge is -2.27. The fourth-order valence-electron chi connectivity index (χ4n) is 3.30. The van der Waals surface area contributed by atoms with Crippen LogP contribution in [0.4, 0.5) is 11.6 Å². The molecule has 0 unspecified atom stereocenters. The number of hydrogen-bond acceptors (Lipinski definition) is 5. The lowest BCUT2D eigenvalue weighted by Crippen LogP contribution is -2.31. The van der Waals surface area contributed by atoms with E-state index >= 15 is 0 Å². The molecule has 0 atom stereocenters. The van der Waals surface area contributed by atoms with Gasteiger partial charge < -0.3 is 10.1 Å². The first-order valence-corrected chi connectivity index (χ1v) is 9.47. The highest BCUT2D eigenvalue weighted by Crippen LogP contribution is 2.24. The van der Waals surface area contributed by atoms with Crippen molar-refractivity contribution in [3.8, 4) is 11.5 Å². The van der Waals surface area contributed by atoms with Crippen LogP contribution in [0, 0.1) is 0 Å². The monoisotopic (exact) mass is 360 g/mol. The maximum Gasteiger partial charge on any atom is 0.227 e. The predicted octanol–water partition coefficient (Wildman–Crippen LogP) is 4.78. The van der Waals surface area contributed by atoms with E-state index in [4.69, 9.17) is 9.72 Å². The first kappa shape index (κ1) is 17.5. The van der Waals surface area contributed by atoms with Crippen LogP contribution in [0.5, 0.6) is 11.5 Å². The molecule has 5 nitrogen and oxygen atoms in total. The molecule has 5 heteroatoms. The summed E-state index contributed by atoms with van der Waals surface area (Å²) in [5.74, 6) is 2.27. The number of rotatable bonds is 6. The maximum atomic E-state index is 5.82. The lowest BCUT2D eigenvalue weighted by molar-refractivity contribution is 0.252. The Morgan fingerprint density at radius 2 is 1.81 bits per heavy atom. The number of para-hydroxylation sites is 1. The average Bonchev–Trinajstić information content (AvgIpc) is 2.71. The van der Waals surface area contributed by atoms with Crippen LogP contribution >= 0.6 is 0 Å². The van der Waals surface area contributed by atoms with Gasteiger partial charge in [0.15, 0.2) is 0 Å². The van der Waals surface area contributed by atoms with Crippen LogP contribution < -0.4 is 10.1 Å². The molecule has 4 rings (SSSR count). The number of aromatic nitrogens is 2. The topological polar surface area (TPSA) is 50.3 Å². The zero-order valence-electron chi connectivity index (χ0n) is 15.6. The average molecular weight is 360 g/mol. The van der Waals surface area contributed by atoms with E-state index in [0.717, 1.165) is 48.9 Å². The van der Waals surface area contributed by atoms with Crippen molar-refractivity contribution in [1.82, 2.24) is 14.9 Å². The van der Waals surface area contributed by atoms with Gasteiger partial charge in [-0.15, -0.1) is 0 Å². The van der Waals surface area contributed by atoms with Crippen LogP contribution in [0.1, 0.15) is 24.6 Å². The Hall–Kier alpha value is -2.92.